The Bertz CT molecular complexity index is 862. The van der Waals surface area contributed by atoms with Crippen molar-refractivity contribution in [3.8, 4) is 5.69 Å². The Hall–Kier alpha value is -3.02. The zero-order valence-corrected chi connectivity index (χ0v) is 14.5. The Morgan fingerprint density at radius 2 is 1.77 bits per heavy atom. The second-order valence-corrected chi connectivity index (χ2v) is 6.63. The van der Waals surface area contributed by atoms with E-state index in [1.165, 1.54) is 0 Å². The first-order valence-electron chi connectivity index (χ1n) is 8.96. The highest BCUT2D eigenvalue weighted by Gasteiger charge is 2.28. The molecule has 26 heavy (non-hydrogen) atoms. The lowest BCUT2D eigenvalue weighted by Gasteiger charge is -2.32. The van der Waals surface area contributed by atoms with Crippen LogP contribution >= 0.6 is 0 Å². The van der Waals surface area contributed by atoms with Gasteiger partial charge in [-0.2, -0.15) is 4.68 Å². The van der Waals surface area contributed by atoms with Crippen LogP contribution in [0.25, 0.3) is 5.69 Å². The number of amides is 1. The van der Waals surface area contributed by atoms with E-state index in [1.54, 1.807) is 4.68 Å². The van der Waals surface area contributed by atoms with Crippen LogP contribution in [0, 0.1) is 0 Å². The van der Waals surface area contributed by atoms with Crippen LogP contribution in [-0.2, 0) is 11.2 Å². The number of benzene rings is 2. The first-order chi connectivity index (χ1) is 12.8. The van der Waals surface area contributed by atoms with Gasteiger partial charge in [0.25, 0.3) is 0 Å². The van der Waals surface area contributed by atoms with Crippen LogP contribution in [0.2, 0.25) is 0 Å². The first kappa shape index (κ1) is 16.4. The molecule has 1 saturated heterocycles. The van der Waals surface area contributed by atoms with Gasteiger partial charge >= 0.3 is 0 Å². The van der Waals surface area contributed by atoms with Crippen LogP contribution in [0.15, 0.2) is 60.7 Å². The number of hydrogen-bond acceptors (Lipinski definition) is 4. The number of piperidine rings is 1. The molecule has 1 aliphatic heterocycles. The molecule has 1 atom stereocenters. The van der Waals surface area contributed by atoms with Gasteiger partial charge in [-0.05, 0) is 41.0 Å². The molecule has 0 saturated carbocycles. The highest BCUT2D eigenvalue weighted by molar-refractivity contribution is 5.79. The fourth-order valence-electron chi connectivity index (χ4n) is 3.50. The molecule has 2 heterocycles. The molecule has 0 bridgehead atoms. The molecule has 1 fully saturated rings. The second-order valence-electron chi connectivity index (χ2n) is 6.63. The number of rotatable bonds is 4. The third-order valence-corrected chi connectivity index (χ3v) is 4.83. The van der Waals surface area contributed by atoms with E-state index in [0.717, 1.165) is 36.5 Å². The summed E-state index contributed by atoms with van der Waals surface area (Å²) in [5.74, 6) is 1.15. The SMILES string of the molecule is O=C(Cc1ccccc1)N1CCCC(c2nnnn2-c2ccccc2)C1. The summed E-state index contributed by atoms with van der Waals surface area (Å²) < 4.78 is 1.79. The van der Waals surface area contributed by atoms with Gasteiger partial charge in [-0.25, -0.2) is 0 Å². The number of nitrogens with zero attached hydrogens (tertiary/aromatic N) is 5. The molecule has 0 radical (unpaired) electrons. The van der Waals surface area contributed by atoms with Gasteiger partial charge in [-0.15, -0.1) is 5.10 Å². The number of aromatic nitrogens is 4. The minimum absolute atomic E-state index is 0.152. The topological polar surface area (TPSA) is 63.9 Å². The average Bonchev–Trinajstić information content (AvgIpc) is 3.19. The number of likely N-dealkylation sites (tertiary alicyclic amines) is 1. The molecule has 6 nitrogen and oxygen atoms in total. The lowest BCUT2D eigenvalue weighted by molar-refractivity contribution is -0.131. The van der Waals surface area contributed by atoms with E-state index in [-0.39, 0.29) is 11.8 Å². The van der Waals surface area contributed by atoms with Gasteiger partial charge < -0.3 is 4.90 Å². The van der Waals surface area contributed by atoms with Crippen molar-refractivity contribution in [2.45, 2.75) is 25.2 Å². The zero-order chi connectivity index (χ0) is 17.8. The summed E-state index contributed by atoms with van der Waals surface area (Å²) in [5.41, 5.74) is 1.99. The van der Waals surface area contributed by atoms with Gasteiger partial charge in [0.15, 0.2) is 5.82 Å². The molecule has 1 aliphatic rings. The molecule has 6 heteroatoms. The minimum Gasteiger partial charge on any atom is -0.342 e. The van der Waals surface area contributed by atoms with Crippen molar-refractivity contribution in [3.05, 3.63) is 72.1 Å². The van der Waals surface area contributed by atoms with Gasteiger partial charge in [-0.3, -0.25) is 4.79 Å². The van der Waals surface area contributed by atoms with E-state index < -0.39 is 0 Å². The molecule has 0 N–H and O–H groups in total. The third-order valence-electron chi connectivity index (χ3n) is 4.83. The maximum atomic E-state index is 12.7. The van der Waals surface area contributed by atoms with Crippen molar-refractivity contribution in [1.82, 2.24) is 25.1 Å². The van der Waals surface area contributed by atoms with Crippen LogP contribution < -0.4 is 0 Å². The summed E-state index contributed by atoms with van der Waals surface area (Å²) in [6.07, 6.45) is 2.40. The number of para-hydroxylation sites is 1. The van der Waals surface area contributed by atoms with Gasteiger partial charge in [0.1, 0.15) is 0 Å². The molecule has 3 aromatic rings. The van der Waals surface area contributed by atoms with Gasteiger partial charge in [0, 0.05) is 19.0 Å². The molecular formula is C20H21N5O. The smallest absolute Gasteiger partial charge is 0.227 e. The molecule has 1 amide bonds. The zero-order valence-electron chi connectivity index (χ0n) is 14.5. The fourth-order valence-corrected chi connectivity index (χ4v) is 3.50. The van der Waals surface area contributed by atoms with Crippen LogP contribution in [0.5, 0.6) is 0 Å². The normalized spacial score (nSPS) is 17.2. The number of tetrazole rings is 1. The Balaban J connectivity index is 1.49. The molecule has 0 aliphatic carbocycles. The maximum Gasteiger partial charge on any atom is 0.227 e. The quantitative estimate of drug-likeness (QED) is 0.728. The van der Waals surface area contributed by atoms with Crippen molar-refractivity contribution in [2.24, 2.45) is 0 Å². The fraction of sp³-hybridized carbons (Fsp3) is 0.300. The highest BCUT2D eigenvalue weighted by atomic mass is 16.2. The standard InChI is InChI=1S/C20H21N5O/c26-19(14-16-8-3-1-4-9-16)24-13-7-10-17(15-24)20-21-22-23-25(20)18-11-5-2-6-12-18/h1-6,8-9,11-12,17H,7,10,13-15H2. The molecule has 1 aromatic heterocycles. The summed E-state index contributed by atoms with van der Waals surface area (Å²) in [7, 11) is 0. The lowest BCUT2D eigenvalue weighted by atomic mass is 9.96. The van der Waals surface area contributed by atoms with E-state index in [0.29, 0.717) is 13.0 Å². The summed E-state index contributed by atoms with van der Waals surface area (Å²) in [4.78, 5) is 14.7. The van der Waals surface area contributed by atoms with Crippen molar-refractivity contribution in [2.75, 3.05) is 13.1 Å². The maximum absolute atomic E-state index is 12.7. The monoisotopic (exact) mass is 347 g/mol. The molecule has 1 unspecified atom stereocenters. The molecule has 4 rings (SSSR count). The van der Waals surface area contributed by atoms with E-state index in [1.807, 2.05) is 65.6 Å². The minimum atomic E-state index is 0.152. The Morgan fingerprint density at radius 3 is 2.54 bits per heavy atom. The molecule has 2 aromatic carbocycles. The van der Waals surface area contributed by atoms with Crippen LogP contribution in [0.4, 0.5) is 0 Å². The Kier molecular flexibility index (Phi) is 4.73. The van der Waals surface area contributed by atoms with Crippen molar-refractivity contribution in [3.63, 3.8) is 0 Å². The number of carbonyl (C=O) groups is 1. The summed E-state index contributed by atoms with van der Waals surface area (Å²) in [5, 5.41) is 12.3. The number of hydrogen-bond donors (Lipinski definition) is 0. The summed E-state index contributed by atoms with van der Waals surface area (Å²) in [6.45, 7) is 1.47. The third kappa shape index (κ3) is 3.49. The van der Waals surface area contributed by atoms with E-state index >= 15 is 0 Å². The van der Waals surface area contributed by atoms with Gasteiger partial charge in [0.2, 0.25) is 5.91 Å². The Labute approximate surface area is 152 Å². The van der Waals surface area contributed by atoms with E-state index in [4.69, 9.17) is 0 Å². The van der Waals surface area contributed by atoms with Gasteiger partial charge in [-0.1, -0.05) is 48.5 Å². The van der Waals surface area contributed by atoms with Crippen LogP contribution in [0.3, 0.4) is 0 Å². The molecule has 0 spiro atoms. The average molecular weight is 347 g/mol. The number of carbonyl (C=O) groups excluding carboxylic acids is 1. The second kappa shape index (κ2) is 7.47. The molecule has 132 valence electrons. The van der Waals surface area contributed by atoms with Crippen molar-refractivity contribution >= 4 is 5.91 Å². The first-order valence-corrected chi connectivity index (χ1v) is 8.96. The highest BCUT2D eigenvalue weighted by Crippen LogP contribution is 2.26. The van der Waals surface area contributed by atoms with Gasteiger partial charge in [0.05, 0.1) is 12.1 Å². The lowest BCUT2D eigenvalue weighted by Crippen LogP contribution is -2.40. The van der Waals surface area contributed by atoms with E-state index in [9.17, 15) is 4.79 Å². The predicted molar refractivity (Wildman–Crippen MR) is 97.9 cm³/mol. The van der Waals surface area contributed by atoms with Crippen LogP contribution in [0.1, 0.15) is 30.1 Å². The predicted octanol–water partition coefficient (Wildman–Crippen LogP) is 2.61. The van der Waals surface area contributed by atoms with Crippen molar-refractivity contribution in [1.29, 1.82) is 0 Å². The molecular weight excluding hydrogens is 326 g/mol. The Morgan fingerprint density at radius 1 is 1.04 bits per heavy atom. The van der Waals surface area contributed by atoms with E-state index in [2.05, 4.69) is 15.5 Å². The summed E-state index contributed by atoms with van der Waals surface area (Å²) in [6, 6.07) is 19.8. The summed E-state index contributed by atoms with van der Waals surface area (Å²) >= 11 is 0. The largest absolute Gasteiger partial charge is 0.342 e. The van der Waals surface area contributed by atoms with Crippen LogP contribution in [-0.4, -0.2) is 44.1 Å². The van der Waals surface area contributed by atoms with Crippen molar-refractivity contribution < 1.29 is 4.79 Å².